The molecule has 196 valence electrons. The van der Waals surface area contributed by atoms with Crippen LogP contribution in [0.5, 0.6) is 5.75 Å². The Balaban J connectivity index is 2.48. The van der Waals surface area contributed by atoms with Crippen molar-refractivity contribution in [3.05, 3.63) is 59.2 Å². The van der Waals surface area contributed by atoms with Crippen molar-refractivity contribution in [2.24, 2.45) is 0 Å². The summed E-state index contributed by atoms with van der Waals surface area (Å²) in [4.78, 5) is 40.8. The molecule has 2 unspecified atom stereocenters. The number of aliphatic hydroxyl groups excluding tert-OH is 1. The average Bonchev–Trinajstić information content (AvgIpc) is 2.79. The Kier molecular flexibility index (Phi) is 10.2. The number of hydrogen-bond acceptors (Lipinski definition) is 7. The smallest absolute Gasteiger partial charge is 0.408 e. The van der Waals surface area contributed by atoms with Gasteiger partial charge in [0.15, 0.2) is 0 Å². The topological polar surface area (TPSA) is 128 Å². The second-order valence-corrected chi connectivity index (χ2v) is 9.75. The number of benzene rings is 2. The first-order chi connectivity index (χ1) is 16.9. The maximum Gasteiger partial charge on any atom is 0.408 e. The predicted octanol–water partition coefficient (Wildman–Crippen LogP) is 3.33. The number of nitrogens with zero attached hydrogens (tertiary/aromatic N) is 1. The Hall–Kier alpha value is -3.24. The number of hydrogen-bond donors (Lipinski definition) is 5. The van der Waals surface area contributed by atoms with Crippen LogP contribution in [-0.2, 0) is 14.3 Å². The summed E-state index contributed by atoms with van der Waals surface area (Å²) in [5, 5.41) is 25.2. The number of rotatable bonds is 9. The number of aliphatic hydroxyl groups is 1. The number of ether oxygens (including phenoxy) is 1. The van der Waals surface area contributed by atoms with Crippen LogP contribution in [0.2, 0.25) is 0 Å². The van der Waals surface area contributed by atoms with E-state index < -0.39 is 42.2 Å². The van der Waals surface area contributed by atoms with E-state index in [1.54, 1.807) is 52.0 Å². The zero-order valence-corrected chi connectivity index (χ0v) is 22.1. The number of nitrogens with one attached hydrogen (secondary N) is 2. The van der Waals surface area contributed by atoms with Gasteiger partial charge in [0, 0.05) is 18.0 Å². The number of alkyl carbamates (subject to hydrolysis) is 1. The Bertz CT molecular complexity index is 1090. The van der Waals surface area contributed by atoms with Gasteiger partial charge in [-0.25, -0.2) is 4.79 Å². The fourth-order valence-corrected chi connectivity index (χ4v) is 3.79. The number of amides is 3. The molecule has 0 radical (unpaired) electrons. The van der Waals surface area contributed by atoms with Gasteiger partial charge in [0.1, 0.15) is 23.4 Å². The minimum absolute atomic E-state index is 0.0386. The second kappa shape index (κ2) is 12.6. The second-order valence-electron chi connectivity index (χ2n) is 9.39. The molecule has 0 spiro atoms. The van der Waals surface area contributed by atoms with Gasteiger partial charge in [-0.2, -0.15) is 12.6 Å². The van der Waals surface area contributed by atoms with Crippen LogP contribution in [-0.4, -0.2) is 63.6 Å². The Morgan fingerprint density at radius 3 is 2.31 bits per heavy atom. The lowest BCUT2D eigenvalue weighted by atomic mass is 10.00. The molecule has 2 rings (SSSR count). The van der Waals surface area contributed by atoms with E-state index in [1.807, 2.05) is 19.1 Å². The summed E-state index contributed by atoms with van der Waals surface area (Å²) in [5.41, 5.74) is 1.55. The van der Waals surface area contributed by atoms with Gasteiger partial charge in [-0.15, -0.1) is 0 Å². The molecule has 4 N–H and O–H groups in total. The van der Waals surface area contributed by atoms with Crippen molar-refractivity contribution in [1.82, 2.24) is 10.2 Å². The molecule has 9 nitrogen and oxygen atoms in total. The molecule has 2 aromatic rings. The highest BCUT2D eigenvalue weighted by molar-refractivity contribution is 7.80. The zero-order valence-electron chi connectivity index (χ0n) is 21.2. The first-order valence-corrected chi connectivity index (χ1v) is 12.2. The SMILES string of the molecule is Cc1cc(C(C(=O)Nc2ccccc2C)N(CCO)C(=O)C(CS)NC(=O)OC(C)(C)C)ccc1O. The van der Waals surface area contributed by atoms with Crippen molar-refractivity contribution < 1.29 is 29.3 Å². The summed E-state index contributed by atoms with van der Waals surface area (Å²) in [6.07, 6.45) is -0.805. The number of anilines is 1. The van der Waals surface area contributed by atoms with Crippen molar-refractivity contribution in [2.75, 3.05) is 24.2 Å². The molecule has 3 amide bonds. The number of phenols is 1. The number of para-hydroxylation sites is 1. The van der Waals surface area contributed by atoms with E-state index in [0.29, 0.717) is 16.8 Å². The summed E-state index contributed by atoms with van der Waals surface area (Å²) >= 11 is 4.22. The van der Waals surface area contributed by atoms with Gasteiger partial charge >= 0.3 is 6.09 Å². The molecule has 0 aromatic heterocycles. The maximum absolute atomic E-state index is 13.6. The number of aromatic hydroxyl groups is 1. The highest BCUT2D eigenvalue weighted by Crippen LogP contribution is 2.28. The quantitative estimate of drug-likeness (QED) is 0.325. The van der Waals surface area contributed by atoms with Gasteiger partial charge in [-0.3, -0.25) is 9.59 Å². The van der Waals surface area contributed by atoms with Crippen LogP contribution in [0.1, 0.15) is 43.5 Å². The maximum atomic E-state index is 13.6. The standard InChI is InChI=1S/C26H35N3O6S/c1-16-8-6-7-9-19(16)27-23(32)22(18-10-11-21(31)17(2)14-18)29(12-13-30)24(33)20(15-36)28-25(34)35-26(3,4)5/h6-11,14,20,22,30-31,36H,12-13,15H2,1-5H3,(H,27,32)(H,28,34). The third-order valence-electron chi connectivity index (χ3n) is 5.30. The summed E-state index contributed by atoms with van der Waals surface area (Å²) in [6.45, 7) is 7.99. The summed E-state index contributed by atoms with van der Waals surface area (Å²) in [6, 6.07) is 9.49. The minimum atomic E-state index is -1.17. The van der Waals surface area contributed by atoms with Gasteiger partial charge in [0.25, 0.3) is 5.91 Å². The lowest BCUT2D eigenvalue weighted by Crippen LogP contribution is -2.53. The fourth-order valence-electron chi connectivity index (χ4n) is 3.55. The van der Waals surface area contributed by atoms with Crippen molar-refractivity contribution in [3.63, 3.8) is 0 Å². The Morgan fingerprint density at radius 2 is 1.75 bits per heavy atom. The normalized spacial score (nSPS) is 12.9. The number of phenolic OH excluding ortho intramolecular Hbond substituents is 1. The van der Waals surface area contributed by atoms with Crippen molar-refractivity contribution in [3.8, 4) is 5.75 Å². The Morgan fingerprint density at radius 1 is 1.08 bits per heavy atom. The molecule has 0 saturated heterocycles. The molecule has 2 atom stereocenters. The number of carbonyl (C=O) groups is 3. The van der Waals surface area contributed by atoms with Crippen LogP contribution in [0.4, 0.5) is 10.5 Å². The number of aryl methyl sites for hydroxylation is 2. The molecule has 0 bridgehead atoms. The van der Waals surface area contributed by atoms with E-state index in [0.717, 1.165) is 5.56 Å². The van der Waals surface area contributed by atoms with Crippen LogP contribution in [0, 0.1) is 13.8 Å². The average molecular weight is 518 g/mol. The molecule has 0 aliphatic carbocycles. The molecular weight excluding hydrogens is 482 g/mol. The fraction of sp³-hybridized carbons (Fsp3) is 0.423. The van der Waals surface area contributed by atoms with Crippen LogP contribution in [0.3, 0.4) is 0 Å². The van der Waals surface area contributed by atoms with E-state index in [9.17, 15) is 24.6 Å². The van der Waals surface area contributed by atoms with E-state index >= 15 is 0 Å². The molecule has 0 fully saturated rings. The van der Waals surface area contributed by atoms with Crippen molar-refractivity contribution >= 4 is 36.2 Å². The highest BCUT2D eigenvalue weighted by Gasteiger charge is 2.36. The van der Waals surface area contributed by atoms with E-state index in [-0.39, 0.29) is 18.0 Å². The van der Waals surface area contributed by atoms with E-state index in [4.69, 9.17) is 4.74 Å². The van der Waals surface area contributed by atoms with Crippen molar-refractivity contribution in [2.45, 2.75) is 52.3 Å². The van der Waals surface area contributed by atoms with Gasteiger partial charge in [-0.1, -0.05) is 24.3 Å². The van der Waals surface area contributed by atoms with Crippen LogP contribution in [0.15, 0.2) is 42.5 Å². The highest BCUT2D eigenvalue weighted by atomic mass is 32.1. The molecule has 0 heterocycles. The van der Waals surface area contributed by atoms with E-state index in [2.05, 4.69) is 23.3 Å². The lowest BCUT2D eigenvalue weighted by molar-refractivity contribution is -0.140. The summed E-state index contributed by atoms with van der Waals surface area (Å²) < 4.78 is 5.26. The van der Waals surface area contributed by atoms with Crippen LogP contribution in [0.25, 0.3) is 0 Å². The van der Waals surface area contributed by atoms with Gasteiger partial charge in [0.05, 0.1) is 6.61 Å². The number of thiol groups is 1. The van der Waals surface area contributed by atoms with Gasteiger partial charge in [0.2, 0.25) is 5.91 Å². The lowest BCUT2D eigenvalue weighted by Gasteiger charge is -2.34. The number of carbonyl (C=O) groups excluding carboxylic acids is 3. The van der Waals surface area contributed by atoms with Crippen molar-refractivity contribution in [1.29, 1.82) is 0 Å². The van der Waals surface area contributed by atoms with Crippen LogP contribution < -0.4 is 10.6 Å². The first kappa shape index (κ1) is 29.0. The third-order valence-corrected chi connectivity index (χ3v) is 5.66. The molecule has 0 aliphatic heterocycles. The minimum Gasteiger partial charge on any atom is -0.508 e. The monoisotopic (exact) mass is 517 g/mol. The molecule has 10 heteroatoms. The molecule has 36 heavy (non-hydrogen) atoms. The molecule has 0 saturated carbocycles. The zero-order chi connectivity index (χ0) is 27.0. The third kappa shape index (κ3) is 7.89. The molecule has 2 aromatic carbocycles. The summed E-state index contributed by atoms with van der Waals surface area (Å²) in [5.74, 6) is -1.18. The molecular formula is C26H35N3O6S. The van der Waals surface area contributed by atoms with Gasteiger partial charge in [-0.05, 0) is 69.5 Å². The van der Waals surface area contributed by atoms with Gasteiger partial charge < -0.3 is 30.5 Å². The van der Waals surface area contributed by atoms with Crippen LogP contribution >= 0.6 is 12.6 Å². The first-order valence-electron chi connectivity index (χ1n) is 11.6. The summed E-state index contributed by atoms with van der Waals surface area (Å²) in [7, 11) is 0. The predicted molar refractivity (Wildman–Crippen MR) is 141 cm³/mol. The Labute approximate surface area is 217 Å². The molecule has 0 aliphatic rings. The van der Waals surface area contributed by atoms with E-state index in [1.165, 1.54) is 11.0 Å². The largest absolute Gasteiger partial charge is 0.508 e.